The minimum atomic E-state index is -3.42. The van der Waals surface area contributed by atoms with Gasteiger partial charge >= 0.3 is 0 Å². The molecule has 0 aliphatic heterocycles. The second-order valence-corrected chi connectivity index (χ2v) is 7.06. The van der Waals surface area contributed by atoms with Gasteiger partial charge in [0.25, 0.3) is 0 Å². The molecule has 0 aromatic heterocycles. The normalized spacial score (nSPS) is 12.0. The third-order valence-corrected chi connectivity index (χ3v) is 4.99. The SMILES string of the molecule is CCCN(CC)CCNS(=O)(=O)c1ccc(CCCl)cc1. The summed E-state index contributed by atoms with van der Waals surface area (Å²) in [5.74, 6) is 0.536. The third-order valence-electron chi connectivity index (χ3n) is 3.32. The van der Waals surface area contributed by atoms with Crippen LogP contribution in [0.1, 0.15) is 25.8 Å². The lowest BCUT2D eigenvalue weighted by atomic mass is 10.2. The monoisotopic (exact) mass is 332 g/mol. The van der Waals surface area contributed by atoms with Crippen molar-refractivity contribution >= 4 is 21.6 Å². The van der Waals surface area contributed by atoms with Gasteiger partial charge in [0.2, 0.25) is 10.0 Å². The fraction of sp³-hybridized carbons (Fsp3) is 0.600. The molecule has 21 heavy (non-hydrogen) atoms. The molecule has 0 aliphatic rings. The predicted octanol–water partition coefficient (Wildman–Crippen LogP) is 2.48. The molecule has 0 radical (unpaired) electrons. The molecular formula is C15H25ClN2O2S. The number of sulfonamides is 1. The van der Waals surface area contributed by atoms with Gasteiger partial charge in [-0.2, -0.15) is 0 Å². The highest BCUT2D eigenvalue weighted by Crippen LogP contribution is 2.11. The summed E-state index contributed by atoms with van der Waals surface area (Å²) in [6, 6.07) is 6.89. The molecule has 0 bridgehead atoms. The van der Waals surface area contributed by atoms with Crippen LogP contribution in [0, 0.1) is 0 Å². The standard InChI is InChI=1S/C15H25ClN2O2S/c1-3-12-18(4-2)13-11-17-21(19,20)15-7-5-14(6-8-15)9-10-16/h5-8,17H,3-4,9-13H2,1-2H3. The van der Waals surface area contributed by atoms with E-state index in [1.807, 2.05) is 12.1 Å². The maximum absolute atomic E-state index is 12.2. The number of nitrogens with zero attached hydrogens (tertiary/aromatic N) is 1. The average molecular weight is 333 g/mol. The Morgan fingerprint density at radius 2 is 1.81 bits per heavy atom. The first-order chi connectivity index (χ1) is 10.0. The van der Waals surface area contributed by atoms with Crippen molar-refractivity contribution in [2.45, 2.75) is 31.6 Å². The smallest absolute Gasteiger partial charge is 0.240 e. The maximum atomic E-state index is 12.2. The molecule has 0 aliphatic carbocycles. The summed E-state index contributed by atoms with van der Waals surface area (Å²) in [5, 5.41) is 0. The molecule has 0 saturated heterocycles. The van der Waals surface area contributed by atoms with Crippen LogP contribution in [0.4, 0.5) is 0 Å². The van der Waals surface area contributed by atoms with Crippen molar-refractivity contribution in [1.29, 1.82) is 0 Å². The van der Waals surface area contributed by atoms with Gasteiger partial charge in [-0.1, -0.05) is 26.0 Å². The van der Waals surface area contributed by atoms with E-state index < -0.39 is 10.0 Å². The second-order valence-electron chi connectivity index (χ2n) is 4.91. The number of hydrogen-bond donors (Lipinski definition) is 1. The molecule has 120 valence electrons. The molecule has 0 atom stereocenters. The first-order valence-corrected chi connectivity index (χ1v) is 9.42. The zero-order valence-corrected chi connectivity index (χ0v) is 14.4. The molecule has 6 heteroatoms. The van der Waals surface area contributed by atoms with Crippen molar-refractivity contribution < 1.29 is 8.42 Å². The summed E-state index contributed by atoms with van der Waals surface area (Å²) in [6.45, 7) is 7.29. The van der Waals surface area contributed by atoms with Gasteiger partial charge in [0.15, 0.2) is 0 Å². The summed E-state index contributed by atoms with van der Waals surface area (Å²) in [5.41, 5.74) is 1.05. The molecule has 4 nitrogen and oxygen atoms in total. The highest BCUT2D eigenvalue weighted by Gasteiger charge is 2.13. The zero-order valence-electron chi connectivity index (χ0n) is 12.8. The summed E-state index contributed by atoms with van der Waals surface area (Å²) >= 11 is 5.67. The molecule has 0 fully saturated rings. The number of alkyl halides is 1. The summed E-state index contributed by atoms with van der Waals surface area (Å²) < 4.78 is 27.0. The lowest BCUT2D eigenvalue weighted by Gasteiger charge is -2.19. The summed E-state index contributed by atoms with van der Waals surface area (Å²) in [7, 11) is -3.42. The predicted molar refractivity (Wildman–Crippen MR) is 88.5 cm³/mol. The largest absolute Gasteiger partial charge is 0.302 e. The van der Waals surface area contributed by atoms with E-state index >= 15 is 0 Å². The fourth-order valence-corrected chi connectivity index (χ4v) is 3.35. The van der Waals surface area contributed by atoms with Crippen LogP contribution in [-0.4, -0.2) is 45.4 Å². The topological polar surface area (TPSA) is 49.4 Å². The number of hydrogen-bond acceptors (Lipinski definition) is 3. The molecule has 0 spiro atoms. The van der Waals surface area contributed by atoms with Gasteiger partial charge in [-0.3, -0.25) is 0 Å². The lowest BCUT2D eigenvalue weighted by Crippen LogP contribution is -2.35. The molecular weight excluding hydrogens is 308 g/mol. The Bertz CT molecular complexity index is 503. The highest BCUT2D eigenvalue weighted by molar-refractivity contribution is 7.89. The number of halogens is 1. The average Bonchev–Trinajstić information content (AvgIpc) is 2.47. The van der Waals surface area contributed by atoms with Crippen LogP contribution in [0.5, 0.6) is 0 Å². The van der Waals surface area contributed by atoms with Crippen LogP contribution in [0.25, 0.3) is 0 Å². The van der Waals surface area contributed by atoms with Crippen LogP contribution >= 0.6 is 11.6 Å². The first-order valence-electron chi connectivity index (χ1n) is 7.40. The zero-order chi connectivity index (χ0) is 15.7. The number of likely N-dealkylation sites (N-methyl/N-ethyl adjacent to an activating group) is 1. The Morgan fingerprint density at radius 1 is 1.14 bits per heavy atom. The number of aryl methyl sites for hydroxylation is 1. The van der Waals surface area contributed by atoms with Crippen molar-refractivity contribution in [2.24, 2.45) is 0 Å². The van der Waals surface area contributed by atoms with E-state index in [0.717, 1.165) is 38.0 Å². The van der Waals surface area contributed by atoms with Gasteiger partial charge in [-0.15, -0.1) is 11.6 Å². The van der Waals surface area contributed by atoms with E-state index in [1.54, 1.807) is 12.1 Å². The molecule has 0 amide bonds. The van der Waals surface area contributed by atoms with E-state index in [2.05, 4.69) is 23.5 Å². The van der Waals surface area contributed by atoms with Gasteiger partial charge in [-0.05, 0) is 43.6 Å². The minimum Gasteiger partial charge on any atom is -0.302 e. The van der Waals surface area contributed by atoms with Gasteiger partial charge in [0.1, 0.15) is 0 Å². The summed E-state index contributed by atoms with van der Waals surface area (Å²) in [6.07, 6.45) is 1.82. The first kappa shape index (κ1) is 18.4. The van der Waals surface area contributed by atoms with Crippen LogP contribution in [-0.2, 0) is 16.4 Å². The maximum Gasteiger partial charge on any atom is 0.240 e. The molecule has 0 heterocycles. The Labute approximate surface area is 133 Å². The third kappa shape index (κ3) is 6.34. The van der Waals surface area contributed by atoms with E-state index in [9.17, 15) is 8.42 Å². The van der Waals surface area contributed by atoms with Crippen molar-refractivity contribution in [3.8, 4) is 0 Å². The molecule has 0 unspecified atom stereocenters. The Hall–Kier alpha value is -0.620. The van der Waals surface area contributed by atoms with Gasteiger partial charge in [0.05, 0.1) is 4.90 Å². The van der Waals surface area contributed by atoms with Crippen LogP contribution in [0.15, 0.2) is 29.2 Å². The highest BCUT2D eigenvalue weighted by atomic mass is 35.5. The molecule has 1 aromatic carbocycles. The fourth-order valence-electron chi connectivity index (χ4n) is 2.11. The molecule has 1 aromatic rings. The van der Waals surface area contributed by atoms with Gasteiger partial charge in [0, 0.05) is 19.0 Å². The molecule has 1 rings (SSSR count). The van der Waals surface area contributed by atoms with Crippen LogP contribution < -0.4 is 4.72 Å². The van der Waals surface area contributed by atoms with E-state index in [-0.39, 0.29) is 0 Å². The lowest BCUT2D eigenvalue weighted by molar-refractivity contribution is 0.293. The molecule has 1 N–H and O–H groups in total. The van der Waals surface area contributed by atoms with Gasteiger partial charge < -0.3 is 4.90 Å². The van der Waals surface area contributed by atoms with Crippen LogP contribution in [0.3, 0.4) is 0 Å². The van der Waals surface area contributed by atoms with E-state index in [0.29, 0.717) is 17.3 Å². The molecule has 0 saturated carbocycles. The Balaban J connectivity index is 2.56. The van der Waals surface area contributed by atoms with Crippen molar-refractivity contribution in [1.82, 2.24) is 9.62 Å². The summed E-state index contributed by atoms with van der Waals surface area (Å²) in [4.78, 5) is 2.53. The van der Waals surface area contributed by atoms with E-state index in [4.69, 9.17) is 11.6 Å². The quantitative estimate of drug-likeness (QED) is 0.670. The number of nitrogens with one attached hydrogen (secondary N) is 1. The Kier molecular flexibility index (Phi) is 8.26. The van der Waals surface area contributed by atoms with Crippen molar-refractivity contribution in [3.05, 3.63) is 29.8 Å². The van der Waals surface area contributed by atoms with Crippen molar-refractivity contribution in [2.75, 3.05) is 32.1 Å². The minimum absolute atomic E-state index is 0.305. The Morgan fingerprint density at radius 3 is 2.33 bits per heavy atom. The van der Waals surface area contributed by atoms with E-state index in [1.165, 1.54) is 0 Å². The number of benzene rings is 1. The van der Waals surface area contributed by atoms with Crippen molar-refractivity contribution in [3.63, 3.8) is 0 Å². The van der Waals surface area contributed by atoms with Crippen LogP contribution in [0.2, 0.25) is 0 Å². The number of rotatable bonds is 10. The van der Waals surface area contributed by atoms with Gasteiger partial charge in [-0.25, -0.2) is 13.1 Å². The second kappa shape index (κ2) is 9.41.